The molecule has 3 heterocycles. The summed E-state index contributed by atoms with van der Waals surface area (Å²) in [7, 11) is 1.66. The average molecular weight is 462 g/mol. The minimum Gasteiger partial charge on any atom is -0.497 e. The number of nitrogens with zero attached hydrogens (tertiary/aromatic N) is 4. The number of amides is 1. The molecule has 0 bridgehead atoms. The van der Waals surface area contributed by atoms with Crippen molar-refractivity contribution in [2.24, 2.45) is 5.92 Å². The highest BCUT2D eigenvalue weighted by Gasteiger charge is 2.28. The fourth-order valence-corrected chi connectivity index (χ4v) is 5.30. The number of fused-ring (bicyclic) bond motifs is 1. The molecule has 0 unspecified atom stereocenters. The highest BCUT2D eigenvalue weighted by Crippen LogP contribution is 2.35. The minimum atomic E-state index is -0.0652. The van der Waals surface area contributed by atoms with E-state index in [9.17, 15) is 4.79 Å². The molecular formula is C25H27N5O2S. The van der Waals surface area contributed by atoms with E-state index in [1.54, 1.807) is 18.4 Å². The number of piperidine rings is 1. The number of hydrogen-bond acceptors (Lipinski definition) is 6. The van der Waals surface area contributed by atoms with Crippen molar-refractivity contribution in [3.63, 3.8) is 0 Å². The van der Waals surface area contributed by atoms with E-state index in [1.165, 1.54) is 0 Å². The molecule has 1 fully saturated rings. The normalized spacial score (nSPS) is 16.2. The minimum absolute atomic E-state index is 0.0652. The number of aromatic nitrogens is 3. The van der Waals surface area contributed by atoms with Crippen molar-refractivity contribution >= 4 is 38.4 Å². The highest BCUT2D eigenvalue weighted by molar-refractivity contribution is 7.22. The number of carbonyl (C=O) groups is 1. The third-order valence-corrected chi connectivity index (χ3v) is 7.37. The number of benzene rings is 2. The number of thiazole rings is 1. The van der Waals surface area contributed by atoms with Gasteiger partial charge in [-0.25, -0.2) is 4.68 Å². The lowest BCUT2D eigenvalue weighted by Gasteiger charge is -2.31. The van der Waals surface area contributed by atoms with Gasteiger partial charge in [0.25, 0.3) is 0 Å². The molecule has 2 aromatic heterocycles. The Morgan fingerprint density at radius 3 is 2.70 bits per heavy atom. The van der Waals surface area contributed by atoms with Crippen LogP contribution in [0.4, 0.5) is 10.8 Å². The lowest BCUT2D eigenvalue weighted by molar-refractivity contribution is -0.120. The van der Waals surface area contributed by atoms with Gasteiger partial charge in [0.15, 0.2) is 10.8 Å². The molecular weight excluding hydrogens is 434 g/mol. The maximum atomic E-state index is 13.0. The van der Waals surface area contributed by atoms with Crippen molar-refractivity contribution in [2.75, 3.05) is 30.4 Å². The van der Waals surface area contributed by atoms with Crippen LogP contribution in [0.5, 0.6) is 5.75 Å². The molecule has 1 N–H and O–H groups in total. The molecule has 2 aromatic carbocycles. The summed E-state index contributed by atoms with van der Waals surface area (Å²) in [6.07, 6.45) is 1.85. The molecule has 1 atom stereocenters. The van der Waals surface area contributed by atoms with Crippen LogP contribution in [0.3, 0.4) is 0 Å². The quantitative estimate of drug-likeness (QED) is 0.455. The Hall–Kier alpha value is -3.39. The van der Waals surface area contributed by atoms with E-state index in [-0.39, 0.29) is 11.8 Å². The summed E-state index contributed by atoms with van der Waals surface area (Å²) >= 11 is 1.65. The number of para-hydroxylation sites is 1. The zero-order valence-electron chi connectivity index (χ0n) is 19.0. The van der Waals surface area contributed by atoms with E-state index in [0.29, 0.717) is 6.54 Å². The maximum absolute atomic E-state index is 13.0. The number of anilines is 2. The summed E-state index contributed by atoms with van der Waals surface area (Å²) in [6, 6.07) is 15.7. The maximum Gasteiger partial charge on any atom is 0.229 e. The number of rotatable bonds is 5. The van der Waals surface area contributed by atoms with Gasteiger partial charge in [-0.1, -0.05) is 29.5 Å². The van der Waals surface area contributed by atoms with Gasteiger partial charge in [0.2, 0.25) is 5.91 Å². The van der Waals surface area contributed by atoms with Gasteiger partial charge < -0.3 is 15.0 Å². The smallest absolute Gasteiger partial charge is 0.229 e. The number of aryl methyl sites for hydroxylation is 2. The van der Waals surface area contributed by atoms with Crippen LogP contribution in [0.2, 0.25) is 0 Å². The Balaban J connectivity index is 1.37. The molecule has 33 heavy (non-hydrogen) atoms. The summed E-state index contributed by atoms with van der Waals surface area (Å²) in [5, 5.41) is 8.76. The van der Waals surface area contributed by atoms with E-state index >= 15 is 0 Å². The third-order valence-electron chi connectivity index (χ3n) is 6.16. The van der Waals surface area contributed by atoms with Gasteiger partial charge in [-0.05, 0) is 62.6 Å². The molecule has 0 spiro atoms. The zero-order valence-corrected chi connectivity index (χ0v) is 19.9. The van der Waals surface area contributed by atoms with Gasteiger partial charge in [-0.2, -0.15) is 10.1 Å². The number of methoxy groups -OCH3 is 1. The van der Waals surface area contributed by atoms with E-state index in [1.807, 2.05) is 67.1 Å². The highest BCUT2D eigenvalue weighted by atomic mass is 32.1. The average Bonchev–Trinajstić information content (AvgIpc) is 3.41. The molecule has 0 saturated carbocycles. The molecule has 5 rings (SSSR count). The summed E-state index contributed by atoms with van der Waals surface area (Å²) in [5.41, 5.74) is 4.71. The number of hydrogen-bond donors (Lipinski definition) is 1. The first kappa shape index (κ1) is 21.5. The summed E-state index contributed by atoms with van der Waals surface area (Å²) in [5.74, 6) is 0.821. The lowest BCUT2D eigenvalue weighted by Crippen LogP contribution is -2.40. The van der Waals surface area contributed by atoms with Crippen LogP contribution in [-0.4, -0.2) is 40.9 Å². The van der Waals surface area contributed by atoms with E-state index < -0.39 is 0 Å². The molecule has 0 radical (unpaired) electrons. The second kappa shape index (κ2) is 8.86. The standard InChI is InChI=1S/C25H27N5O2S/c1-16-7-4-5-9-21(16)26-24(31)18-8-6-14-29(15-18)25-27-23-22(33-25)17(2)28-30(23)19-10-12-20(32-3)13-11-19/h4-5,7,9-13,18H,6,8,14-15H2,1-3H3,(H,26,31)/t18-/m1/s1. The van der Waals surface area contributed by atoms with Gasteiger partial charge in [0.1, 0.15) is 5.75 Å². The Bertz CT molecular complexity index is 1290. The van der Waals surface area contributed by atoms with Crippen LogP contribution in [0.25, 0.3) is 16.0 Å². The first-order valence-corrected chi connectivity index (χ1v) is 12.0. The largest absolute Gasteiger partial charge is 0.497 e. The molecule has 0 aliphatic carbocycles. The Labute approximate surface area is 197 Å². The molecule has 7 nitrogen and oxygen atoms in total. The number of nitrogens with one attached hydrogen (secondary N) is 1. The van der Waals surface area contributed by atoms with Crippen LogP contribution < -0.4 is 15.0 Å². The summed E-state index contributed by atoms with van der Waals surface area (Å²) in [6.45, 7) is 5.60. The fourth-order valence-electron chi connectivity index (χ4n) is 4.27. The van der Waals surface area contributed by atoms with Crippen molar-refractivity contribution in [3.05, 3.63) is 59.8 Å². The zero-order chi connectivity index (χ0) is 22.9. The molecule has 170 valence electrons. The summed E-state index contributed by atoms with van der Waals surface area (Å²) in [4.78, 5) is 20.2. The predicted octanol–water partition coefficient (Wildman–Crippen LogP) is 4.96. The van der Waals surface area contributed by atoms with Gasteiger partial charge in [0, 0.05) is 18.8 Å². The van der Waals surface area contributed by atoms with Crippen molar-refractivity contribution in [3.8, 4) is 11.4 Å². The third kappa shape index (κ3) is 4.18. The second-order valence-corrected chi connectivity index (χ2v) is 9.41. The van der Waals surface area contributed by atoms with Gasteiger partial charge >= 0.3 is 0 Å². The SMILES string of the molecule is COc1ccc(-n2nc(C)c3sc(N4CCC[C@@H](C(=O)Nc5ccccc5C)C4)nc32)cc1. The Morgan fingerprint density at radius 1 is 1.15 bits per heavy atom. The van der Waals surface area contributed by atoms with Crippen LogP contribution in [0.15, 0.2) is 48.5 Å². The van der Waals surface area contributed by atoms with E-state index in [4.69, 9.17) is 14.8 Å². The number of carbonyl (C=O) groups excluding carboxylic acids is 1. The summed E-state index contributed by atoms with van der Waals surface area (Å²) < 4.78 is 8.23. The molecule has 8 heteroatoms. The lowest BCUT2D eigenvalue weighted by atomic mass is 9.97. The number of ether oxygens (including phenoxy) is 1. The van der Waals surface area contributed by atoms with Gasteiger partial charge in [-0.3, -0.25) is 4.79 Å². The van der Waals surface area contributed by atoms with Crippen LogP contribution in [-0.2, 0) is 4.79 Å². The molecule has 4 aromatic rings. The van der Waals surface area contributed by atoms with Crippen molar-refractivity contribution < 1.29 is 9.53 Å². The van der Waals surface area contributed by atoms with Crippen molar-refractivity contribution in [1.82, 2.24) is 14.8 Å². The van der Waals surface area contributed by atoms with Gasteiger partial charge in [0.05, 0.1) is 29.1 Å². The van der Waals surface area contributed by atoms with E-state index in [0.717, 1.165) is 63.2 Å². The first-order valence-electron chi connectivity index (χ1n) is 11.2. The predicted molar refractivity (Wildman–Crippen MR) is 133 cm³/mol. The van der Waals surface area contributed by atoms with Crippen molar-refractivity contribution in [1.29, 1.82) is 0 Å². The van der Waals surface area contributed by atoms with Crippen LogP contribution >= 0.6 is 11.3 Å². The van der Waals surface area contributed by atoms with Gasteiger partial charge in [-0.15, -0.1) is 0 Å². The Kier molecular flexibility index (Phi) is 5.76. The molecule has 1 aliphatic rings. The van der Waals surface area contributed by atoms with E-state index in [2.05, 4.69) is 10.2 Å². The van der Waals surface area contributed by atoms with Crippen LogP contribution in [0, 0.1) is 19.8 Å². The monoisotopic (exact) mass is 461 g/mol. The topological polar surface area (TPSA) is 72.3 Å². The van der Waals surface area contributed by atoms with Crippen molar-refractivity contribution in [2.45, 2.75) is 26.7 Å². The molecule has 1 aliphatic heterocycles. The fraction of sp³-hybridized carbons (Fsp3) is 0.320. The van der Waals surface area contributed by atoms with Crippen LogP contribution in [0.1, 0.15) is 24.1 Å². The first-order chi connectivity index (χ1) is 16.0. The second-order valence-electron chi connectivity index (χ2n) is 8.43. The molecule has 1 saturated heterocycles. The molecule has 1 amide bonds. The Morgan fingerprint density at radius 2 is 1.94 bits per heavy atom.